The van der Waals surface area contributed by atoms with Crippen molar-refractivity contribution in [2.24, 2.45) is 23.2 Å². The second-order valence-electron chi connectivity index (χ2n) is 14.2. The Bertz CT molecular complexity index is 1090. The summed E-state index contributed by atoms with van der Waals surface area (Å²) in [5, 5.41) is 2.82. The van der Waals surface area contributed by atoms with Gasteiger partial charge in [-0.15, -0.1) is 0 Å². The molecule has 5 heteroatoms. The molecule has 0 aliphatic heterocycles. The minimum atomic E-state index is -0.171. The number of hydrogen-bond donors (Lipinski definition) is 3. The number of likely N-dealkylation sites (N-methyl/N-ethyl adjacent to an activating group) is 1. The molecule has 244 valence electrons. The summed E-state index contributed by atoms with van der Waals surface area (Å²) < 4.78 is 0. The number of rotatable bonds is 17. The summed E-state index contributed by atoms with van der Waals surface area (Å²) in [5.74, 6) is 0.764. The van der Waals surface area contributed by atoms with Crippen LogP contribution in [0.15, 0.2) is 57.2 Å². The molecular formula is C38H65N3O2. The number of carbonyl (C=O) groups excluding carboxylic acids is 2. The molecule has 43 heavy (non-hydrogen) atoms. The maximum Gasteiger partial charge on any atom is 0.265 e. The van der Waals surface area contributed by atoms with Crippen molar-refractivity contribution in [3.8, 4) is 0 Å². The summed E-state index contributed by atoms with van der Waals surface area (Å²) in [6.07, 6.45) is 12.1. The van der Waals surface area contributed by atoms with Gasteiger partial charge in [-0.1, -0.05) is 116 Å². The minimum Gasteiger partial charge on any atom is -0.355 e. The Morgan fingerprint density at radius 1 is 0.977 bits per heavy atom. The van der Waals surface area contributed by atoms with E-state index in [1.807, 2.05) is 13.8 Å². The fourth-order valence-corrected chi connectivity index (χ4v) is 6.00. The highest BCUT2D eigenvalue weighted by molar-refractivity contribution is 5.99. The SMILES string of the molecule is C=C(C)/C(C)=C(\C=C(/C(C)CC1=C(C)CCC(C(C)C(C)C)=C1C(=O)NNCCCCCCCC)C(C)(C)C)C(=O)NC. The molecule has 0 aromatic rings. The summed E-state index contributed by atoms with van der Waals surface area (Å²) in [6.45, 7) is 28.8. The average molecular weight is 596 g/mol. The van der Waals surface area contributed by atoms with Crippen LogP contribution in [0.1, 0.15) is 134 Å². The van der Waals surface area contributed by atoms with Gasteiger partial charge in [0.15, 0.2) is 0 Å². The van der Waals surface area contributed by atoms with Gasteiger partial charge in [0.25, 0.3) is 11.8 Å². The highest BCUT2D eigenvalue weighted by Crippen LogP contribution is 2.43. The predicted molar refractivity (Wildman–Crippen MR) is 185 cm³/mol. The molecule has 1 rings (SSSR count). The molecule has 0 fully saturated rings. The van der Waals surface area contributed by atoms with Crippen molar-refractivity contribution < 1.29 is 9.59 Å². The monoisotopic (exact) mass is 596 g/mol. The number of nitrogens with one attached hydrogen (secondary N) is 3. The van der Waals surface area contributed by atoms with E-state index >= 15 is 0 Å². The topological polar surface area (TPSA) is 70.2 Å². The third-order valence-electron chi connectivity index (χ3n) is 9.26. The Hall–Kier alpha value is -2.40. The van der Waals surface area contributed by atoms with Crippen molar-refractivity contribution in [1.29, 1.82) is 0 Å². The molecule has 0 bridgehead atoms. The Balaban J connectivity index is 3.45. The van der Waals surface area contributed by atoms with Gasteiger partial charge in [-0.3, -0.25) is 15.0 Å². The molecule has 3 N–H and O–H groups in total. The molecule has 0 spiro atoms. The summed E-state index contributed by atoms with van der Waals surface area (Å²) in [5.41, 5.74) is 14.4. The zero-order valence-corrected chi connectivity index (χ0v) is 29.9. The molecule has 0 saturated carbocycles. The predicted octanol–water partition coefficient (Wildman–Crippen LogP) is 9.30. The third-order valence-corrected chi connectivity index (χ3v) is 9.26. The van der Waals surface area contributed by atoms with Crippen LogP contribution in [0.5, 0.6) is 0 Å². The number of allylic oxidation sites excluding steroid dienone is 5. The lowest BCUT2D eigenvalue weighted by atomic mass is 9.71. The van der Waals surface area contributed by atoms with Crippen LogP contribution >= 0.6 is 0 Å². The maximum atomic E-state index is 13.9. The molecule has 5 nitrogen and oxygen atoms in total. The Morgan fingerprint density at radius 3 is 2.12 bits per heavy atom. The van der Waals surface area contributed by atoms with Gasteiger partial charge in [-0.05, 0) is 86.8 Å². The first-order valence-corrected chi connectivity index (χ1v) is 16.8. The second-order valence-corrected chi connectivity index (χ2v) is 14.2. The molecule has 2 unspecified atom stereocenters. The fraction of sp³-hybridized carbons (Fsp3) is 0.684. The first-order chi connectivity index (χ1) is 20.1. The molecular weight excluding hydrogens is 530 g/mol. The van der Waals surface area contributed by atoms with Crippen LogP contribution in [0.3, 0.4) is 0 Å². The summed E-state index contributed by atoms with van der Waals surface area (Å²) >= 11 is 0. The first kappa shape index (κ1) is 38.6. The van der Waals surface area contributed by atoms with Gasteiger partial charge in [-0.25, -0.2) is 5.43 Å². The van der Waals surface area contributed by atoms with E-state index < -0.39 is 0 Å². The number of amides is 2. The fourth-order valence-electron chi connectivity index (χ4n) is 6.00. The number of carbonyl (C=O) groups is 2. The highest BCUT2D eigenvalue weighted by atomic mass is 16.2. The molecule has 1 aliphatic carbocycles. The lowest BCUT2D eigenvalue weighted by molar-refractivity contribution is -0.118. The maximum absolute atomic E-state index is 13.9. The standard InChI is InChI=1S/C38H65N3O2/c1-14-15-16-17-18-19-22-40-41-37(43)35-31(29(8)25(2)3)21-20-27(6)32(35)23-28(7)34(38(10,11)12)24-33(36(42)39-13)30(9)26(4)5/h24-25,28-29,40H,4,14-23H2,1-3,5-13H3,(H,39,42)(H,41,43)/b33-30+,34-24+. The van der Waals surface area contributed by atoms with Crippen LogP contribution in [-0.2, 0) is 9.59 Å². The van der Waals surface area contributed by atoms with E-state index in [9.17, 15) is 9.59 Å². The quantitative estimate of drug-likeness (QED) is 0.0679. The van der Waals surface area contributed by atoms with Gasteiger partial charge in [0.05, 0.1) is 0 Å². The highest BCUT2D eigenvalue weighted by Gasteiger charge is 2.32. The van der Waals surface area contributed by atoms with Gasteiger partial charge >= 0.3 is 0 Å². The smallest absolute Gasteiger partial charge is 0.265 e. The second kappa shape index (κ2) is 18.4. The van der Waals surface area contributed by atoms with Crippen LogP contribution in [0, 0.1) is 23.2 Å². The zero-order valence-electron chi connectivity index (χ0n) is 29.9. The summed E-state index contributed by atoms with van der Waals surface area (Å²) in [6, 6.07) is 0. The number of hydrogen-bond acceptors (Lipinski definition) is 3. The Kier molecular flexibility index (Phi) is 16.5. The molecule has 0 saturated heterocycles. The lowest BCUT2D eigenvalue weighted by Gasteiger charge is -2.34. The van der Waals surface area contributed by atoms with Gasteiger partial charge in [0, 0.05) is 24.7 Å². The van der Waals surface area contributed by atoms with E-state index in [2.05, 4.69) is 91.1 Å². The van der Waals surface area contributed by atoms with E-state index in [0.29, 0.717) is 17.4 Å². The average Bonchev–Trinajstić information content (AvgIpc) is 2.93. The van der Waals surface area contributed by atoms with Crippen molar-refractivity contribution in [2.45, 2.75) is 134 Å². The molecule has 0 aromatic carbocycles. The summed E-state index contributed by atoms with van der Waals surface area (Å²) in [7, 11) is 1.67. The molecule has 0 radical (unpaired) electrons. The van der Waals surface area contributed by atoms with Gasteiger partial charge < -0.3 is 5.32 Å². The van der Waals surface area contributed by atoms with E-state index in [1.165, 1.54) is 48.8 Å². The van der Waals surface area contributed by atoms with Crippen LogP contribution in [0.4, 0.5) is 0 Å². The van der Waals surface area contributed by atoms with E-state index in [0.717, 1.165) is 54.5 Å². The van der Waals surface area contributed by atoms with Crippen molar-refractivity contribution in [3.05, 3.63) is 57.2 Å². The molecule has 1 aliphatic rings. The van der Waals surface area contributed by atoms with Gasteiger partial charge in [0.2, 0.25) is 0 Å². The van der Waals surface area contributed by atoms with Crippen LogP contribution in [0.25, 0.3) is 0 Å². The largest absolute Gasteiger partial charge is 0.355 e. The Labute approximate surface area is 265 Å². The molecule has 2 amide bonds. The van der Waals surface area contributed by atoms with Crippen molar-refractivity contribution >= 4 is 11.8 Å². The van der Waals surface area contributed by atoms with Crippen molar-refractivity contribution in [2.75, 3.05) is 13.6 Å². The van der Waals surface area contributed by atoms with Crippen molar-refractivity contribution in [1.82, 2.24) is 16.2 Å². The Morgan fingerprint density at radius 2 is 1.58 bits per heavy atom. The lowest BCUT2D eigenvalue weighted by Crippen LogP contribution is -2.40. The van der Waals surface area contributed by atoms with Gasteiger partial charge in [-0.2, -0.15) is 0 Å². The molecule has 0 heterocycles. The third kappa shape index (κ3) is 11.9. The van der Waals surface area contributed by atoms with E-state index in [4.69, 9.17) is 0 Å². The first-order valence-electron chi connectivity index (χ1n) is 16.8. The van der Waals surface area contributed by atoms with E-state index in [-0.39, 0.29) is 23.1 Å². The number of unbranched alkanes of at least 4 members (excludes halogenated alkanes) is 5. The zero-order chi connectivity index (χ0) is 32.9. The minimum absolute atomic E-state index is 0.0138. The summed E-state index contributed by atoms with van der Waals surface area (Å²) in [4.78, 5) is 26.9. The van der Waals surface area contributed by atoms with Crippen LogP contribution in [-0.4, -0.2) is 25.4 Å². The normalized spacial score (nSPS) is 16.7. The van der Waals surface area contributed by atoms with Gasteiger partial charge in [0.1, 0.15) is 0 Å². The molecule has 0 aromatic heterocycles. The van der Waals surface area contributed by atoms with Crippen LogP contribution in [0.2, 0.25) is 0 Å². The van der Waals surface area contributed by atoms with Crippen LogP contribution < -0.4 is 16.2 Å². The van der Waals surface area contributed by atoms with Crippen molar-refractivity contribution in [3.63, 3.8) is 0 Å². The molecule has 2 atom stereocenters. The van der Waals surface area contributed by atoms with E-state index in [1.54, 1.807) is 7.05 Å². The number of hydrazine groups is 1.